The number of aliphatic hydroxyl groups is 2. The first-order valence-corrected chi connectivity index (χ1v) is 36.3. The van der Waals surface area contributed by atoms with E-state index in [0.717, 1.165) is 51.4 Å². The molecular formula is C74H141NO5. The first-order chi connectivity index (χ1) is 39.5. The van der Waals surface area contributed by atoms with Gasteiger partial charge in [-0.2, -0.15) is 0 Å². The van der Waals surface area contributed by atoms with Gasteiger partial charge in [0.05, 0.1) is 25.4 Å². The molecule has 0 aromatic carbocycles. The van der Waals surface area contributed by atoms with Crippen LogP contribution in [0.2, 0.25) is 0 Å². The number of hydrogen-bond donors (Lipinski definition) is 3. The predicted molar refractivity (Wildman–Crippen MR) is 352 cm³/mol. The van der Waals surface area contributed by atoms with Crippen molar-refractivity contribution in [3.05, 3.63) is 36.5 Å². The third-order valence-corrected chi connectivity index (χ3v) is 16.9. The Labute approximate surface area is 500 Å². The second-order valence-corrected chi connectivity index (χ2v) is 24.9. The van der Waals surface area contributed by atoms with Crippen LogP contribution in [0.25, 0.3) is 0 Å². The highest BCUT2D eigenvalue weighted by Gasteiger charge is 2.18. The van der Waals surface area contributed by atoms with Crippen LogP contribution in [0.4, 0.5) is 0 Å². The number of rotatable bonds is 68. The third-order valence-electron chi connectivity index (χ3n) is 16.9. The molecule has 0 aliphatic rings. The smallest absolute Gasteiger partial charge is 0.305 e. The molecule has 2 atom stereocenters. The highest BCUT2D eigenvalue weighted by molar-refractivity contribution is 5.76. The lowest BCUT2D eigenvalue weighted by Gasteiger charge is -2.20. The largest absolute Gasteiger partial charge is 0.466 e. The van der Waals surface area contributed by atoms with Gasteiger partial charge in [0.2, 0.25) is 5.91 Å². The summed E-state index contributed by atoms with van der Waals surface area (Å²) in [5.74, 6) is -0.0566. The molecule has 0 fully saturated rings. The van der Waals surface area contributed by atoms with Crippen LogP contribution in [0, 0.1) is 0 Å². The van der Waals surface area contributed by atoms with Crippen molar-refractivity contribution in [2.75, 3.05) is 13.2 Å². The van der Waals surface area contributed by atoms with Crippen LogP contribution in [0.1, 0.15) is 399 Å². The number of aliphatic hydroxyl groups excluding tert-OH is 2. The molecule has 0 bridgehead atoms. The van der Waals surface area contributed by atoms with Crippen molar-refractivity contribution in [1.82, 2.24) is 5.32 Å². The first-order valence-electron chi connectivity index (χ1n) is 36.3. The van der Waals surface area contributed by atoms with Gasteiger partial charge in [0.15, 0.2) is 0 Å². The molecular weight excluding hydrogens is 983 g/mol. The van der Waals surface area contributed by atoms with Crippen LogP contribution >= 0.6 is 0 Å². The normalized spacial score (nSPS) is 12.7. The van der Waals surface area contributed by atoms with Gasteiger partial charge in [-0.15, -0.1) is 0 Å². The molecule has 0 aromatic heterocycles. The summed E-state index contributed by atoms with van der Waals surface area (Å²) in [6.07, 6.45) is 89.4. The fraction of sp³-hybridized carbons (Fsp3) is 0.892. The number of hydrogen-bond acceptors (Lipinski definition) is 5. The van der Waals surface area contributed by atoms with E-state index in [1.165, 1.54) is 321 Å². The van der Waals surface area contributed by atoms with Gasteiger partial charge >= 0.3 is 5.97 Å². The lowest BCUT2D eigenvalue weighted by atomic mass is 10.0. The van der Waals surface area contributed by atoms with E-state index in [-0.39, 0.29) is 18.5 Å². The zero-order valence-electron chi connectivity index (χ0n) is 54.1. The lowest BCUT2D eigenvalue weighted by molar-refractivity contribution is -0.143. The summed E-state index contributed by atoms with van der Waals surface area (Å²) in [5.41, 5.74) is 0. The van der Waals surface area contributed by atoms with Crippen molar-refractivity contribution in [3.63, 3.8) is 0 Å². The molecule has 80 heavy (non-hydrogen) atoms. The van der Waals surface area contributed by atoms with Gasteiger partial charge in [0.1, 0.15) is 0 Å². The third kappa shape index (κ3) is 65.2. The van der Waals surface area contributed by atoms with E-state index < -0.39 is 12.1 Å². The number of carbonyl (C=O) groups is 2. The number of amides is 1. The Hall–Kier alpha value is -1.92. The first kappa shape index (κ1) is 78.1. The second kappa shape index (κ2) is 69.6. The summed E-state index contributed by atoms with van der Waals surface area (Å²) in [5, 5.41) is 23.3. The zero-order valence-corrected chi connectivity index (χ0v) is 54.1. The summed E-state index contributed by atoms with van der Waals surface area (Å²) in [6, 6.07) is -0.629. The number of ether oxygens (including phenoxy) is 1. The van der Waals surface area contributed by atoms with Gasteiger partial charge in [-0.3, -0.25) is 9.59 Å². The van der Waals surface area contributed by atoms with E-state index in [2.05, 4.69) is 43.5 Å². The van der Waals surface area contributed by atoms with Crippen LogP contribution in [0.5, 0.6) is 0 Å². The molecule has 0 spiro atoms. The fourth-order valence-electron chi connectivity index (χ4n) is 11.4. The van der Waals surface area contributed by atoms with E-state index in [1.54, 1.807) is 6.08 Å². The highest BCUT2D eigenvalue weighted by atomic mass is 16.5. The molecule has 0 rings (SSSR count). The maximum Gasteiger partial charge on any atom is 0.305 e. The lowest BCUT2D eigenvalue weighted by Crippen LogP contribution is -2.45. The molecule has 3 N–H and O–H groups in total. The summed E-state index contributed by atoms with van der Waals surface area (Å²) in [7, 11) is 0. The molecule has 0 heterocycles. The van der Waals surface area contributed by atoms with Crippen LogP contribution in [0.15, 0.2) is 36.5 Å². The van der Waals surface area contributed by atoms with Crippen molar-refractivity contribution in [2.45, 2.75) is 411 Å². The molecule has 0 radical (unpaired) electrons. The summed E-state index contributed by atoms with van der Waals surface area (Å²) in [4.78, 5) is 24.6. The zero-order chi connectivity index (χ0) is 57.8. The standard InChI is InChI=1S/C74H141NO5/c1-3-5-7-9-11-13-15-17-19-21-22-23-25-28-31-35-38-42-46-50-54-58-62-66-72(77)71(70-76)75-73(78)67-63-59-55-51-47-43-39-36-32-29-26-24-27-30-33-37-41-45-49-53-57-61-65-69-80-74(79)68-64-60-56-52-48-44-40-34-20-18-16-14-12-10-8-6-4-2/h12,14,18,20,62,66,71-72,76-77H,3-11,13,15-17,19,21-61,63-65,67-70H2,1-2H3,(H,75,78)/b14-12-,20-18-,66-62+. The molecule has 2 unspecified atom stereocenters. The van der Waals surface area contributed by atoms with Gasteiger partial charge in [0.25, 0.3) is 0 Å². The Morgan fingerprint density at radius 2 is 0.625 bits per heavy atom. The van der Waals surface area contributed by atoms with E-state index in [4.69, 9.17) is 4.74 Å². The van der Waals surface area contributed by atoms with Crippen molar-refractivity contribution in [1.29, 1.82) is 0 Å². The maximum atomic E-state index is 12.5. The minimum atomic E-state index is -0.846. The van der Waals surface area contributed by atoms with E-state index in [9.17, 15) is 19.8 Å². The second-order valence-electron chi connectivity index (χ2n) is 24.9. The molecule has 1 amide bonds. The van der Waals surface area contributed by atoms with Gasteiger partial charge in [-0.25, -0.2) is 0 Å². The quantitative estimate of drug-likeness (QED) is 0.0320. The molecule has 0 aliphatic carbocycles. The minimum absolute atomic E-state index is 0.00682. The predicted octanol–water partition coefficient (Wildman–Crippen LogP) is 23.5. The Balaban J connectivity index is 3.40. The maximum absolute atomic E-state index is 12.5. The molecule has 0 aliphatic heterocycles. The fourth-order valence-corrected chi connectivity index (χ4v) is 11.4. The molecule has 0 aromatic rings. The summed E-state index contributed by atoms with van der Waals surface area (Å²) in [6.45, 7) is 4.91. The van der Waals surface area contributed by atoms with Crippen molar-refractivity contribution < 1.29 is 24.5 Å². The van der Waals surface area contributed by atoms with Gasteiger partial charge < -0.3 is 20.3 Å². The highest BCUT2D eigenvalue weighted by Crippen LogP contribution is 2.19. The number of nitrogens with one attached hydrogen (secondary N) is 1. The Morgan fingerprint density at radius 3 is 0.975 bits per heavy atom. The Morgan fingerprint density at radius 1 is 0.350 bits per heavy atom. The summed E-state index contributed by atoms with van der Waals surface area (Å²) < 4.78 is 5.50. The van der Waals surface area contributed by atoms with Crippen LogP contribution in [-0.2, 0) is 14.3 Å². The van der Waals surface area contributed by atoms with Crippen LogP contribution in [-0.4, -0.2) is 47.4 Å². The van der Waals surface area contributed by atoms with Crippen LogP contribution < -0.4 is 5.32 Å². The number of esters is 1. The van der Waals surface area contributed by atoms with Crippen molar-refractivity contribution >= 4 is 11.9 Å². The molecule has 0 saturated carbocycles. The molecule has 0 saturated heterocycles. The van der Waals surface area contributed by atoms with E-state index in [1.807, 2.05) is 6.08 Å². The monoisotopic (exact) mass is 1120 g/mol. The number of carbonyl (C=O) groups excluding carboxylic acids is 2. The van der Waals surface area contributed by atoms with Crippen LogP contribution in [0.3, 0.4) is 0 Å². The number of allylic oxidation sites excluding steroid dienone is 5. The minimum Gasteiger partial charge on any atom is -0.466 e. The average molecular weight is 1120 g/mol. The average Bonchev–Trinajstić information content (AvgIpc) is 3.46. The van der Waals surface area contributed by atoms with E-state index in [0.29, 0.717) is 19.4 Å². The van der Waals surface area contributed by atoms with Gasteiger partial charge in [-0.05, 0) is 64.2 Å². The Kier molecular flexibility index (Phi) is 67.9. The van der Waals surface area contributed by atoms with Crippen molar-refractivity contribution in [3.8, 4) is 0 Å². The van der Waals surface area contributed by atoms with Gasteiger partial charge in [-0.1, -0.05) is 359 Å². The molecule has 472 valence electrons. The molecule has 6 nitrogen and oxygen atoms in total. The van der Waals surface area contributed by atoms with Crippen molar-refractivity contribution in [2.24, 2.45) is 0 Å². The number of unbranched alkanes of at least 4 members (excludes halogenated alkanes) is 53. The van der Waals surface area contributed by atoms with Gasteiger partial charge in [0, 0.05) is 12.8 Å². The summed E-state index contributed by atoms with van der Waals surface area (Å²) >= 11 is 0. The van der Waals surface area contributed by atoms with E-state index >= 15 is 0 Å². The molecule has 6 heteroatoms. The SMILES string of the molecule is CCCCC/C=C\C/C=C\CCCCCCCCCC(=O)OCCCCCCCCCCCCCCCCCCCCCCCCCC(=O)NC(CO)C(O)/C=C/CCCCCCCCCCCCCCCCCCCCCCC. The topological polar surface area (TPSA) is 95.9 Å². The Bertz CT molecular complexity index is 1300.